The van der Waals surface area contributed by atoms with E-state index in [1.165, 1.54) is 18.9 Å². The maximum Gasteiger partial charge on any atom is 0.194 e. The minimum Gasteiger partial charge on any atom is -0.494 e. The van der Waals surface area contributed by atoms with Gasteiger partial charge in [0.15, 0.2) is 17.5 Å². The third-order valence-corrected chi connectivity index (χ3v) is 3.77. The van der Waals surface area contributed by atoms with Gasteiger partial charge in [-0.15, -0.1) is 0 Å². The number of nitrogens with one attached hydrogen (secondary N) is 1. The highest BCUT2D eigenvalue weighted by Gasteiger charge is 2.09. The molecular formula is C18H25FN4O. The van der Waals surface area contributed by atoms with E-state index in [-0.39, 0.29) is 11.6 Å². The van der Waals surface area contributed by atoms with Crippen molar-refractivity contribution in [2.24, 2.45) is 12.0 Å². The maximum atomic E-state index is 13.8. The number of methoxy groups -OCH3 is 1. The first-order valence-electron chi connectivity index (χ1n) is 7.97. The molecule has 0 aliphatic rings. The number of halogens is 1. The van der Waals surface area contributed by atoms with Crippen molar-refractivity contribution in [1.82, 2.24) is 14.8 Å². The predicted octanol–water partition coefficient (Wildman–Crippen LogP) is 2.77. The fourth-order valence-corrected chi connectivity index (χ4v) is 2.42. The van der Waals surface area contributed by atoms with Gasteiger partial charge < -0.3 is 19.5 Å². The lowest BCUT2D eigenvalue weighted by Crippen LogP contribution is -2.38. The van der Waals surface area contributed by atoms with Gasteiger partial charge in [-0.3, -0.25) is 0 Å². The third-order valence-electron chi connectivity index (χ3n) is 3.77. The van der Waals surface area contributed by atoms with Crippen LogP contribution in [0.1, 0.15) is 18.2 Å². The van der Waals surface area contributed by atoms with Crippen molar-refractivity contribution in [1.29, 1.82) is 0 Å². The molecule has 2 aromatic rings. The van der Waals surface area contributed by atoms with E-state index in [0.717, 1.165) is 24.6 Å². The zero-order valence-corrected chi connectivity index (χ0v) is 14.7. The van der Waals surface area contributed by atoms with Gasteiger partial charge in [-0.1, -0.05) is 6.07 Å². The zero-order valence-electron chi connectivity index (χ0n) is 14.7. The van der Waals surface area contributed by atoms with Gasteiger partial charge in [0, 0.05) is 32.5 Å². The van der Waals surface area contributed by atoms with Crippen LogP contribution in [0.4, 0.5) is 4.39 Å². The molecular weight excluding hydrogens is 307 g/mol. The van der Waals surface area contributed by atoms with Crippen LogP contribution in [0, 0.1) is 5.82 Å². The molecule has 0 radical (unpaired) electrons. The van der Waals surface area contributed by atoms with Gasteiger partial charge in [-0.2, -0.15) is 0 Å². The second-order valence-electron chi connectivity index (χ2n) is 5.61. The van der Waals surface area contributed by atoms with Crippen LogP contribution in [0.15, 0.2) is 41.5 Å². The van der Waals surface area contributed by atoms with Gasteiger partial charge in [0.2, 0.25) is 0 Å². The second kappa shape index (κ2) is 8.38. The number of aliphatic imine (C=N–C) groups is 1. The summed E-state index contributed by atoms with van der Waals surface area (Å²) in [7, 11) is 5.47. The highest BCUT2D eigenvalue weighted by Crippen LogP contribution is 2.18. The van der Waals surface area contributed by atoms with Crippen LogP contribution in [0.2, 0.25) is 0 Å². The van der Waals surface area contributed by atoms with Gasteiger partial charge in [0.05, 0.1) is 20.2 Å². The summed E-state index contributed by atoms with van der Waals surface area (Å²) in [6.07, 6.45) is 2.02. The Hall–Kier alpha value is -2.50. The maximum absolute atomic E-state index is 13.8. The summed E-state index contributed by atoms with van der Waals surface area (Å²) in [5, 5.41) is 3.27. The topological polar surface area (TPSA) is 41.8 Å². The molecule has 0 amide bonds. The molecule has 1 aromatic carbocycles. The highest BCUT2D eigenvalue weighted by atomic mass is 19.1. The normalized spacial score (nSPS) is 11.5. The number of nitrogens with zero attached hydrogens (tertiary/aromatic N) is 3. The molecule has 5 nitrogen and oxygen atoms in total. The highest BCUT2D eigenvalue weighted by molar-refractivity contribution is 5.79. The zero-order chi connectivity index (χ0) is 17.5. The number of benzene rings is 1. The van der Waals surface area contributed by atoms with Crippen molar-refractivity contribution in [3.05, 3.63) is 53.6 Å². The molecule has 1 N–H and O–H groups in total. The van der Waals surface area contributed by atoms with Crippen molar-refractivity contribution in [2.75, 3.05) is 20.7 Å². The first kappa shape index (κ1) is 17.8. The molecule has 1 heterocycles. The van der Waals surface area contributed by atoms with E-state index in [4.69, 9.17) is 4.74 Å². The van der Waals surface area contributed by atoms with E-state index in [1.54, 1.807) is 6.07 Å². The van der Waals surface area contributed by atoms with Crippen molar-refractivity contribution >= 4 is 5.96 Å². The molecule has 0 atom stereocenters. The average Bonchev–Trinajstić information content (AvgIpc) is 2.96. The average molecular weight is 332 g/mol. The number of hydrogen-bond donors (Lipinski definition) is 1. The van der Waals surface area contributed by atoms with E-state index >= 15 is 0 Å². The molecule has 0 aliphatic heterocycles. The molecule has 6 heteroatoms. The summed E-state index contributed by atoms with van der Waals surface area (Å²) in [6.45, 7) is 3.94. The van der Waals surface area contributed by atoms with E-state index in [1.807, 2.05) is 39.3 Å². The molecule has 24 heavy (non-hydrogen) atoms. The van der Waals surface area contributed by atoms with Crippen molar-refractivity contribution < 1.29 is 9.13 Å². The fraction of sp³-hybridized carbons (Fsp3) is 0.389. The Morgan fingerprint density at radius 1 is 1.38 bits per heavy atom. The summed E-state index contributed by atoms with van der Waals surface area (Å²) in [5.74, 6) is 0.665. The van der Waals surface area contributed by atoms with Crippen LogP contribution in [-0.4, -0.2) is 36.1 Å². The smallest absolute Gasteiger partial charge is 0.194 e. The minimum atomic E-state index is -0.368. The van der Waals surface area contributed by atoms with Gasteiger partial charge in [0.1, 0.15) is 0 Å². The number of aryl methyl sites for hydroxylation is 1. The fourth-order valence-electron chi connectivity index (χ4n) is 2.42. The molecule has 2 rings (SSSR count). The van der Waals surface area contributed by atoms with Gasteiger partial charge in [0.25, 0.3) is 0 Å². The molecule has 0 aliphatic carbocycles. The Balaban J connectivity index is 2.09. The number of rotatable bonds is 6. The second-order valence-corrected chi connectivity index (χ2v) is 5.61. The first-order chi connectivity index (χ1) is 11.5. The molecule has 1 aromatic heterocycles. The third kappa shape index (κ3) is 4.50. The SMILES string of the molecule is CCNC(=NCc1ccc(OC)c(F)c1)N(C)Cc1cccn1C. The van der Waals surface area contributed by atoms with Gasteiger partial charge in [-0.25, -0.2) is 9.38 Å². The van der Waals surface area contributed by atoms with Crippen molar-refractivity contribution in [3.63, 3.8) is 0 Å². The van der Waals surface area contributed by atoms with Gasteiger partial charge >= 0.3 is 0 Å². The van der Waals surface area contributed by atoms with Crippen LogP contribution in [0.3, 0.4) is 0 Å². The summed E-state index contributed by atoms with van der Waals surface area (Å²) in [4.78, 5) is 6.66. The monoisotopic (exact) mass is 332 g/mol. The Morgan fingerprint density at radius 3 is 2.75 bits per heavy atom. The first-order valence-corrected chi connectivity index (χ1v) is 7.97. The minimum absolute atomic E-state index is 0.246. The summed E-state index contributed by atoms with van der Waals surface area (Å²) in [6, 6.07) is 9.02. The Labute approximate surface area is 142 Å². The van der Waals surface area contributed by atoms with Gasteiger partial charge in [-0.05, 0) is 36.8 Å². The molecule has 0 bridgehead atoms. The van der Waals surface area contributed by atoms with Crippen LogP contribution in [-0.2, 0) is 20.1 Å². The Kier molecular flexibility index (Phi) is 6.23. The summed E-state index contributed by atoms with van der Waals surface area (Å²) >= 11 is 0. The number of guanidine groups is 1. The van der Waals surface area contributed by atoms with Crippen molar-refractivity contribution in [2.45, 2.75) is 20.0 Å². The number of aromatic nitrogens is 1. The lowest BCUT2D eigenvalue weighted by molar-refractivity contribution is 0.386. The predicted molar refractivity (Wildman–Crippen MR) is 94.6 cm³/mol. The van der Waals surface area contributed by atoms with Crippen molar-refractivity contribution in [3.8, 4) is 5.75 Å². The lowest BCUT2D eigenvalue weighted by Gasteiger charge is -2.22. The van der Waals surface area contributed by atoms with Crippen LogP contribution in [0.25, 0.3) is 0 Å². The molecule has 0 saturated carbocycles. The summed E-state index contributed by atoms with van der Waals surface area (Å²) < 4.78 is 20.8. The van der Waals surface area contributed by atoms with E-state index in [9.17, 15) is 4.39 Å². The molecule has 130 valence electrons. The van der Waals surface area contributed by atoms with Crippen LogP contribution >= 0.6 is 0 Å². The lowest BCUT2D eigenvalue weighted by atomic mass is 10.2. The Bertz CT molecular complexity index is 696. The van der Waals surface area contributed by atoms with Crippen LogP contribution in [0.5, 0.6) is 5.75 Å². The largest absolute Gasteiger partial charge is 0.494 e. The van der Waals surface area contributed by atoms with E-state index in [0.29, 0.717) is 6.54 Å². The Morgan fingerprint density at radius 2 is 2.17 bits per heavy atom. The number of ether oxygens (including phenoxy) is 1. The molecule has 0 unspecified atom stereocenters. The van der Waals surface area contributed by atoms with Crippen LogP contribution < -0.4 is 10.1 Å². The van der Waals surface area contributed by atoms with E-state index in [2.05, 4.69) is 25.8 Å². The summed E-state index contributed by atoms with van der Waals surface area (Å²) in [5.41, 5.74) is 1.99. The quantitative estimate of drug-likeness (QED) is 0.653. The molecule has 0 fully saturated rings. The molecule has 0 saturated heterocycles. The molecule has 0 spiro atoms. The van der Waals surface area contributed by atoms with E-state index < -0.39 is 0 Å². The number of hydrogen-bond acceptors (Lipinski definition) is 2. The standard InChI is InChI=1S/C18H25FN4O/c1-5-20-18(23(3)13-15-7-6-10-22(15)2)21-12-14-8-9-17(24-4)16(19)11-14/h6-11H,5,12-13H2,1-4H3,(H,20,21).